The summed E-state index contributed by atoms with van der Waals surface area (Å²) in [5.74, 6) is 1.50. The maximum absolute atomic E-state index is 12.0. The van der Waals surface area contributed by atoms with E-state index in [9.17, 15) is 4.79 Å². The van der Waals surface area contributed by atoms with Gasteiger partial charge in [0.15, 0.2) is 0 Å². The molecule has 3 heterocycles. The first kappa shape index (κ1) is 16.1. The number of nitrogens with one attached hydrogen (secondary N) is 1. The van der Waals surface area contributed by atoms with Crippen LogP contribution in [0.4, 0.5) is 0 Å². The molecule has 1 saturated heterocycles. The van der Waals surface area contributed by atoms with Crippen LogP contribution in [0.5, 0.6) is 0 Å². The van der Waals surface area contributed by atoms with Crippen molar-refractivity contribution in [1.82, 2.24) is 25.3 Å². The Kier molecular flexibility index (Phi) is 5.37. The van der Waals surface area contributed by atoms with Crippen LogP contribution in [0.15, 0.2) is 22.0 Å². The van der Waals surface area contributed by atoms with Crippen molar-refractivity contribution in [3.63, 3.8) is 0 Å². The van der Waals surface area contributed by atoms with Crippen molar-refractivity contribution in [3.8, 4) is 10.7 Å². The molecular formula is C15H21N5O2S. The number of piperazine rings is 1. The van der Waals surface area contributed by atoms with Crippen LogP contribution in [0.25, 0.3) is 10.7 Å². The molecule has 0 saturated carbocycles. The van der Waals surface area contributed by atoms with Gasteiger partial charge in [0.25, 0.3) is 0 Å². The zero-order valence-corrected chi connectivity index (χ0v) is 14.0. The number of carbonyl (C=O) groups excluding carboxylic acids is 1. The molecule has 1 aliphatic heterocycles. The molecule has 124 valence electrons. The first-order valence-corrected chi connectivity index (χ1v) is 8.65. The average Bonchev–Trinajstić information content (AvgIpc) is 3.24. The van der Waals surface area contributed by atoms with E-state index in [4.69, 9.17) is 4.52 Å². The Bertz CT molecular complexity index is 620. The first-order chi connectivity index (χ1) is 11.3. The minimum atomic E-state index is 0.219. The maximum Gasteiger partial charge on any atom is 0.241 e. The third-order valence-corrected chi connectivity index (χ3v) is 4.75. The minimum absolute atomic E-state index is 0.219. The van der Waals surface area contributed by atoms with Gasteiger partial charge in [0.2, 0.25) is 17.6 Å². The molecule has 0 aliphatic carbocycles. The Morgan fingerprint density at radius 1 is 1.39 bits per heavy atom. The van der Waals surface area contributed by atoms with Gasteiger partial charge < -0.3 is 14.7 Å². The van der Waals surface area contributed by atoms with Gasteiger partial charge in [0.1, 0.15) is 0 Å². The summed E-state index contributed by atoms with van der Waals surface area (Å²) in [7, 11) is 1.86. The molecule has 1 aliphatic rings. The van der Waals surface area contributed by atoms with E-state index in [1.54, 1.807) is 11.3 Å². The molecule has 2 aromatic rings. The summed E-state index contributed by atoms with van der Waals surface area (Å²) >= 11 is 1.60. The highest BCUT2D eigenvalue weighted by Crippen LogP contribution is 2.21. The lowest BCUT2D eigenvalue weighted by Gasteiger charge is -2.34. The number of hydrogen-bond donors (Lipinski definition) is 1. The summed E-state index contributed by atoms with van der Waals surface area (Å²) in [5.41, 5.74) is 0. The number of amides is 1. The van der Waals surface area contributed by atoms with Crippen molar-refractivity contribution in [2.75, 3.05) is 39.8 Å². The average molecular weight is 335 g/mol. The second-order valence-electron chi connectivity index (χ2n) is 5.50. The third kappa shape index (κ3) is 4.15. The van der Waals surface area contributed by atoms with Crippen molar-refractivity contribution < 1.29 is 9.32 Å². The Labute approximate surface area is 139 Å². The molecule has 0 spiro atoms. The van der Waals surface area contributed by atoms with Gasteiger partial charge in [-0.1, -0.05) is 11.2 Å². The molecule has 0 bridgehead atoms. The van der Waals surface area contributed by atoms with Crippen molar-refractivity contribution in [1.29, 1.82) is 0 Å². The summed E-state index contributed by atoms with van der Waals surface area (Å²) in [5, 5.41) is 9.03. The zero-order chi connectivity index (χ0) is 16.1. The van der Waals surface area contributed by atoms with Crippen LogP contribution in [0.1, 0.15) is 12.3 Å². The zero-order valence-electron chi connectivity index (χ0n) is 13.2. The van der Waals surface area contributed by atoms with E-state index in [0.29, 0.717) is 24.7 Å². The summed E-state index contributed by atoms with van der Waals surface area (Å²) in [6, 6.07) is 3.95. The third-order valence-electron chi connectivity index (χ3n) is 3.88. The lowest BCUT2D eigenvalue weighted by molar-refractivity contribution is -0.132. The van der Waals surface area contributed by atoms with E-state index < -0.39 is 0 Å². The summed E-state index contributed by atoms with van der Waals surface area (Å²) < 4.78 is 5.33. The van der Waals surface area contributed by atoms with Crippen LogP contribution in [0.2, 0.25) is 0 Å². The van der Waals surface area contributed by atoms with Gasteiger partial charge in [-0.05, 0) is 18.5 Å². The molecular weight excluding hydrogens is 314 g/mol. The van der Waals surface area contributed by atoms with Crippen LogP contribution < -0.4 is 5.32 Å². The summed E-state index contributed by atoms with van der Waals surface area (Å²) in [6.07, 6.45) is 0.560. The SMILES string of the molecule is CNCCC(=O)N1CCN(Cc2nc(-c3cccs3)no2)CC1. The predicted octanol–water partition coefficient (Wildman–Crippen LogP) is 1.05. The molecule has 1 fully saturated rings. The Balaban J connectivity index is 1.48. The van der Waals surface area contributed by atoms with E-state index in [-0.39, 0.29) is 5.91 Å². The summed E-state index contributed by atoms with van der Waals surface area (Å²) in [6.45, 7) is 4.55. The van der Waals surface area contributed by atoms with E-state index in [1.807, 2.05) is 29.5 Å². The molecule has 7 nitrogen and oxygen atoms in total. The topological polar surface area (TPSA) is 74.5 Å². The lowest BCUT2D eigenvalue weighted by Crippen LogP contribution is -2.48. The number of rotatable bonds is 6. The van der Waals surface area contributed by atoms with Crippen molar-refractivity contribution >= 4 is 17.2 Å². The number of hydrogen-bond acceptors (Lipinski definition) is 7. The monoisotopic (exact) mass is 335 g/mol. The molecule has 3 rings (SSSR count). The van der Waals surface area contributed by atoms with E-state index in [2.05, 4.69) is 20.4 Å². The van der Waals surface area contributed by atoms with Gasteiger partial charge in [0, 0.05) is 39.1 Å². The molecule has 0 radical (unpaired) electrons. The molecule has 8 heteroatoms. The Morgan fingerprint density at radius 3 is 2.91 bits per heavy atom. The van der Waals surface area contributed by atoms with Gasteiger partial charge in [-0.15, -0.1) is 11.3 Å². The van der Waals surface area contributed by atoms with E-state index in [1.165, 1.54) is 0 Å². The minimum Gasteiger partial charge on any atom is -0.340 e. The van der Waals surface area contributed by atoms with Gasteiger partial charge in [0.05, 0.1) is 11.4 Å². The number of carbonyl (C=O) groups is 1. The maximum atomic E-state index is 12.0. The molecule has 0 unspecified atom stereocenters. The number of thiophene rings is 1. The quantitative estimate of drug-likeness (QED) is 0.851. The molecule has 23 heavy (non-hydrogen) atoms. The highest BCUT2D eigenvalue weighted by Gasteiger charge is 2.22. The standard InChI is InChI=1S/C15H21N5O2S/c1-16-5-4-14(21)20-8-6-19(7-9-20)11-13-17-15(18-22-13)12-3-2-10-23-12/h2-3,10,16H,4-9,11H2,1H3. The summed E-state index contributed by atoms with van der Waals surface area (Å²) in [4.78, 5) is 21.6. The van der Waals surface area contributed by atoms with Crippen molar-refractivity contribution in [2.45, 2.75) is 13.0 Å². The van der Waals surface area contributed by atoms with Gasteiger partial charge in [-0.2, -0.15) is 4.98 Å². The van der Waals surface area contributed by atoms with Gasteiger partial charge >= 0.3 is 0 Å². The van der Waals surface area contributed by atoms with Gasteiger partial charge in [-0.25, -0.2) is 0 Å². The molecule has 0 atom stereocenters. The second-order valence-corrected chi connectivity index (χ2v) is 6.45. The second kappa shape index (κ2) is 7.67. The van der Waals surface area contributed by atoms with Crippen LogP contribution >= 0.6 is 11.3 Å². The fourth-order valence-electron chi connectivity index (χ4n) is 2.56. The molecule has 1 N–H and O–H groups in total. The smallest absolute Gasteiger partial charge is 0.241 e. The molecule has 1 amide bonds. The Hall–Kier alpha value is -1.77. The highest BCUT2D eigenvalue weighted by atomic mass is 32.1. The van der Waals surface area contributed by atoms with Crippen LogP contribution in [-0.2, 0) is 11.3 Å². The van der Waals surface area contributed by atoms with Gasteiger partial charge in [-0.3, -0.25) is 9.69 Å². The molecule has 2 aromatic heterocycles. The van der Waals surface area contributed by atoms with Crippen LogP contribution in [-0.4, -0.2) is 65.6 Å². The van der Waals surface area contributed by atoms with E-state index in [0.717, 1.165) is 37.6 Å². The van der Waals surface area contributed by atoms with E-state index >= 15 is 0 Å². The number of aromatic nitrogens is 2. The lowest BCUT2D eigenvalue weighted by atomic mass is 10.2. The first-order valence-electron chi connectivity index (χ1n) is 7.77. The van der Waals surface area contributed by atoms with Crippen LogP contribution in [0, 0.1) is 0 Å². The highest BCUT2D eigenvalue weighted by molar-refractivity contribution is 7.13. The predicted molar refractivity (Wildman–Crippen MR) is 88.0 cm³/mol. The largest absolute Gasteiger partial charge is 0.340 e. The molecule has 0 aromatic carbocycles. The van der Waals surface area contributed by atoms with Crippen molar-refractivity contribution in [2.24, 2.45) is 0 Å². The van der Waals surface area contributed by atoms with Crippen molar-refractivity contribution in [3.05, 3.63) is 23.4 Å². The normalized spacial score (nSPS) is 16.0. The van der Waals surface area contributed by atoms with Crippen LogP contribution in [0.3, 0.4) is 0 Å². The Morgan fingerprint density at radius 2 is 2.22 bits per heavy atom. The fraction of sp³-hybridized carbons (Fsp3) is 0.533. The number of nitrogens with zero attached hydrogens (tertiary/aromatic N) is 4. The fourth-order valence-corrected chi connectivity index (χ4v) is 3.21.